The molecule has 2 aromatic heterocycles. The minimum absolute atomic E-state index is 0.0891. The molecule has 0 amide bonds. The highest BCUT2D eigenvalue weighted by molar-refractivity contribution is 6.30. The van der Waals surface area contributed by atoms with E-state index in [9.17, 15) is 10.1 Å². The minimum atomic E-state index is -0.825. The van der Waals surface area contributed by atoms with Crippen molar-refractivity contribution in [1.82, 2.24) is 9.55 Å². The molecule has 0 aliphatic heterocycles. The number of ether oxygens (including phenoxy) is 1. The second-order valence-corrected chi connectivity index (χ2v) is 7.60. The van der Waals surface area contributed by atoms with Gasteiger partial charge in [-0.3, -0.25) is 4.84 Å². The SMILES string of the molecule is Cc1c(C)n(Cc2ccccc2)c2c(OCc3ccc(Cl)cc3)ncc(O[N+](=O)[O-])c12. The van der Waals surface area contributed by atoms with E-state index in [1.807, 2.05) is 56.3 Å². The molecule has 0 aliphatic carbocycles. The molecule has 0 saturated carbocycles. The average molecular weight is 438 g/mol. The van der Waals surface area contributed by atoms with E-state index in [1.165, 1.54) is 6.20 Å². The van der Waals surface area contributed by atoms with Gasteiger partial charge in [0.1, 0.15) is 12.1 Å². The second-order valence-electron chi connectivity index (χ2n) is 7.16. The lowest BCUT2D eigenvalue weighted by atomic mass is 10.2. The van der Waals surface area contributed by atoms with E-state index in [0.717, 1.165) is 22.4 Å². The summed E-state index contributed by atoms with van der Waals surface area (Å²) in [5.74, 6) is 0.471. The summed E-state index contributed by atoms with van der Waals surface area (Å²) in [4.78, 5) is 20.2. The fraction of sp³-hybridized carbons (Fsp3) is 0.174. The standard InChI is InChI=1S/C23H20ClN3O4/c1-15-16(2)26(13-17-6-4-3-5-7-17)22-21(15)20(31-27(28)29)12-25-23(22)30-14-18-8-10-19(24)11-9-18/h3-12H,13-14H2,1-2H3. The van der Waals surface area contributed by atoms with Crippen LogP contribution in [0.2, 0.25) is 5.02 Å². The predicted octanol–water partition coefficient (Wildman–Crippen LogP) is 5.50. The number of fused-ring (bicyclic) bond motifs is 1. The number of pyridine rings is 1. The van der Waals surface area contributed by atoms with Crippen LogP contribution in [0.5, 0.6) is 11.6 Å². The Morgan fingerprint density at radius 3 is 2.45 bits per heavy atom. The molecule has 0 aliphatic rings. The van der Waals surface area contributed by atoms with Gasteiger partial charge in [0.2, 0.25) is 5.88 Å². The summed E-state index contributed by atoms with van der Waals surface area (Å²) in [5, 5.41) is 11.5. The van der Waals surface area contributed by atoms with Crippen LogP contribution in [-0.4, -0.2) is 14.6 Å². The van der Waals surface area contributed by atoms with E-state index in [-0.39, 0.29) is 12.4 Å². The zero-order chi connectivity index (χ0) is 22.0. The Morgan fingerprint density at radius 2 is 1.77 bits per heavy atom. The third-order valence-corrected chi connectivity index (χ3v) is 5.47. The van der Waals surface area contributed by atoms with Crippen molar-refractivity contribution in [2.24, 2.45) is 0 Å². The molecule has 7 nitrogen and oxygen atoms in total. The van der Waals surface area contributed by atoms with E-state index >= 15 is 0 Å². The molecule has 0 spiro atoms. The maximum atomic E-state index is 11.0. The van der Waals surface area contributed by atoms with Crippen LogP contribution in [0.3, 0.4) is 0 Å². The first-order chi connectivity index (χ1) is 14.9. The van der Waals surface area contributed by atoms with Crippen molar-refractivity contribution in [1.29, 1.82) is 0 Å². The number of benzene rings is 2. The van der Waals surface area contributed by atoms with E-state index in [0.29, 0.717) is 28.4 Å². The topological polar surface area (TPSA) is 79.4 Å². The fourth-order valence-corrected chi connectivity index (χ4v) is 3.71. The van der Waals surface area contributed by atoms with Crippen LogP contribution >= 0.6 is 11.6 Å². The fourth-order valence-electron chi connectivity index (χ4n) is 3.58. The summed E-state index contributed by atoms with van der Waals surface area (Å²) in [7, 11) is 0. The number of nitrogens with zero attached hydrogens (tertiary/aromatic N) is 3. The lowest BCUT2D eigenvalue weighted by molar-refractivity contribution is -0.710. The van der Waals surface area contributed by atoms with Gasteiger partial charge in [-0.15, -0.1) is 10.1 Å². The Hall–Kier alpha value is -3.58. The van der Waals surface area contributed by atoms with Crippen molar-refractivity contribution in [2.45, 2.75) is 27.0 Å². The molecule has 4 rings (SSSR count). The normalized spacial score (nSPS) is 10.9. The molecule has 2 heterocycles. The first-order valence-electron chi connectivity index (χ1n) is 9.66. The van der Waals surface area contributed by atoms with Gasteiger partial charge in [0.15, 0.2) is 5.75 Å². The van der Waals surface area contributed by atoms with Crippen molar-refractivity contribution < 1.29 is 14.7 Å². The third-order valence-electron chi connectivity index (χ3n) is 5.22. The van der Waals surface area contributed by atoms with Crippen molar-refractivity contribution in [2.75, 3.05) is 0 Å². The molecule has 0 unspecified atom stereocenters. The van der Waals surface area contributed by atoms with Gasteiger partial charge >= 0.3 is 0 Å². The molecule has 2 aromatic carbocycles. The maximum Gasteiger partial charge on any atom is 0.299 e. The van der Waals surface area contributed by atoms with Crippen molar-refractivity contribution in [3.05, 3.63) is 98.3 Å². The van der Waals surface area contributed by atoms with E-state index in [2.05, 4.69) is 9.55 Å². The molecule has 0 radical (unpaired) electrons. The summed E-state index contributed by atoms with van der Waals surface area (Å²) >= 11 is 5.96. The van der Waals surface area contributed by atoms with Gasteiger partial charge in [-0.1, -0.05) is 54.1 Å². The van der Waals surface area contributed by atoms with Crippen molar-refractivity contribution in [3.8, 4) is 11.6 Å². The predicted molar refractivity (Wildman–Crippen MR) is 118 cm³/mol. The molecule has 0 atom stereocenters. The number of rotatable bonds is 7. The lowest BCUT2D eigenvalue weighted by Crippen LogP contribution is -2.07. The zero-order valence-electron chi connectivity index (χ0n) is 17.0. The third kappa shape index (κ3) is 4.32. The van der Waals surface area contributed by atoms with Crippen LogP contribution in [0.4, 0.5) is 0 Å². The second kappa shape index (κ2) is 8.65. The highest BCUT2D eigenvalue weighted by Crippen LogP contribution is 2.38. The molecule has 0 fully saturated rings. The summed E-state index contributed by atoms with van der Waals surface area (Å²) in [6, 6.07) is 17.3. The van der Waals surface area contributed by atoms with Gasteiger partial charge < -0.3 is 9.30 Å². The molecular weight excluding hydrogens is 418 g/mol. The van der Waals surface area contributed by atoms with E-state index in [4.69, 9.17) is 21.2 Å². The van der Waals surface area contributed by atoms with Gasteiger partial charge in [0.05, 0.1) is 6.20 Å². The quantitative estimate of drug-likeness (QED) is 0.281. The Balaban J connectivity index is 1.81. The van der Waals surface area contributed by atoms with Gasteiger partial charge in [-0.05, 0) is 42.7 Å². The Labute approximate surface area is 183 Å². The van der Waals surface area contributed by atoms with Crippen LogP contribution in [0, 0.1) is 24.0 Å². The number of hydrogen-bond donors (Lipinski definition) is 0. The van der Waals surface area contributed by atoms with Crippen LogP contribution in [0.1, 0.15) is 22.4 Å². The molecule has 0 N–H and O–H groups in total. The van der Waals surface area contributed by atoms with Gasteiger partial charge in [0, 0.05) is 22.6 Å². The number of aryl methyl sites for hydroxylation is 1. The average Bonchev–Trinajstić information content (AvgIpc) is 3.00. The first-order valence-corrected chi connectivity index (χ1v) is 10.0. The molecule has 158 valence electrons. The molecule has 0 saturated heterocycles. The van der Waals surface area contributed by atoms with E-state index in [1.54, 1.807) is 12.1 Å². The number of hydrogen-bond acceptors (Lipinski definition) is 5. The van der Waals surface area contributed by atoms with Gasteiger partial charge in [-0.2, -0.15) is 0 Å². The molecule has 0 bridgehead atoms. The summed E-state index contributed by atoms with van der Waals surface area (Å²) in [6.45, 7) is 4.73. The lowest BCUT2D eigenvalue weighted by Gasteiger charge is -2.13. The summed E-state index contributed by atoms with van der Waals surface area (Å²) in [6.07, 6.45) is 1.33. The largest absolute Gasteiger partial charge is 0.471 e. The molecule has 31 heavy (non-hydrogen) atoms. The Kier molecular flexibility index (Phi) is 5.77. The Morgan fingerprint density at radius 1 is 1.06 bits per heavy atom. The number of halogens is 1. The first kappa shape index (κ1) is 20.7. The van der Waals surface area contributed by atoms with Crippen LogP contribution in [0.15, 0.2) is 60.8 Å². The number of aromatic nitrogens is 2. The zero-order valence-corrected chi connectivity index (χ0v) is 17.8. The van der Waals surface area contributed by atoms with Gasteiger partial charge in [0.25, 0.3) is 5.09 Å². The van der Waals surface area contributed by atoms with Crippen molar-refractivity contribution in [3.63, 3.8) is 0 Å². The monoisotopic (exact) mass is 437 g/mol. The van der Waals surface area contributed by atoms with Gasteiger partial charge in [-0.25, -0.2) is 4.98 Å². The smallest absolute Gasteiger partial charge is 0.299 e. The molecular formula is C23H20ClN3O4. The summed E-state index contributed by atoms with van der Waals surface area (Å²) < 4.78 is 8.10. The molecule has 8 heteroatoms. The minimum Gasteiger partial charge on any atom is -0.471 e. The summed E-state index contributed by atoms with van der Waals surface area (Å²) in [5.41, 5.74) is 4.51. The highest BCUT2D eigenvalue weighted by Gasteiger charge is 2.22. The van der Waals surface area contributed by atoms with Crippen molar-refractivity contribution >= 4 is 22.5 Å². The Bertz CT molecular complexity index is 1240. The maximum absolute atomic E-state index is 11.0. The highest BCUT2D eigenvalue weighted by atomic mass is 35.5. The van der Waals surface area contributed by atoms with Crippen LogP contribution in [0.25, 0.3) is 10.9 Å². The molecule has 4 aromatic rings. The van der Waals surface area contributed by atoms with E-state index < -0.39 is 5.09 Å². The van der Waals surface area contributed by atoms with Crippen LogP contribution < -0.4 is 9.57 Å². The van der Waals surface area contributed by atoms with Crippen LogP contribution in [-0.2, 0) is 13.2 Å².